The molecule has 0 aliphatic heterocycles. The number of aliphatic hydroxyl groups is 1. The Bertz CT molecular complexity index is 345. The minimum atomic E-state index is -0.450. The van der Waals surface area contributed by atoms with Gasteiger partial charge in [-0.1, -0.05) is 6.08 Å². The fourth-order valence-electron chi connectivity index (χ4n) is 1.15. The van der Waals surface area contributed by atoms with E-state index in [4.69, 9.17) is 4.74 Å². The van der Waals surface area contributed by atoms with Gasteiger partial charge in [0.15, 0.2) is 0 Å². The predicted molar refractivity (Wildman–Crippen MR) is 60.5 cm³/mol. The minimum absolute atomic E-state index is 0.284. The van der Waals surface area contributed by atoms with Crippen LogP contribution >= 0.6 is 0 Å². The summed E-state index contributed by atoms with van der Waals surface area (Å²) < 4.78 is 4.81. The molecule has 0 spiro atoms. The molecule has 1 amide bonds. The summed E-state index contributed by atoms with van der Waals surface area (Å²) >= 11 is 0. The summed E-state index contributed by atoms with van der Waals surface area (Å²) in [5, 5.41) is 10.5. The topological polar surface area (TPSA) is 61.8 Å². The van der Waals surface area contributed by atoms with Crippen molar-refractivity contribution in [1.82, 2.24) is 10.4 Å². The number of hydrazine groups is 1. The molecule has 0 saturated heterocycles. The standard InChI is InChI=1S/C11H16N2O3/c1-3-16-11(15)13(2)12-9-5-4-6-10(14)8-7-9/h4-5,7-8,12,14H,3,6H2,1-2H3. The van der Waals surface area contributed by atoms with Crippen LogP contribution in [-0.4, -0.2) is 29.9 Å². The number of nitrogens with one attached hydrogen (secondary N) is 1. The van der Waals surface area contributed by atoms with Crippen LogP contribution in [0.25, 0.3) is 0 Å². The third kappa shape index (κ3) is 3.68. The van der Waals surface area contributed by atoms with Crippen LogP contribution in [-0.2, 0) is 4.74 Å². The number of rotatable bonds is 3. The molecule has 0 heterocycles. The Balaban J connectivity index is 2.57. The smallest absolute Gasteiger partial charge is 0.428 e. The van der Waals surface area contributed by atoms with E-state index in [2.05, 4.69) is 5.43 Å². The van der Waals surface area contributed by atoms with E-state index < -0.39 is 6.09 Å². The number of allylic oxidation sites excluding steroid dienone is 4. The monoisotopic (exact) mass is 224 g/mol. The van der Waals surface area contributed by atoms with Crippen molar-refractivity contribution < 1.29 is 14.6 Å². The van der Waals surface area contributed by atoms with Crippen molar-refractivity contribution in [2.45, 2.75) is 13.3 Å². The maximum atomic E-state index is 11.3. The van der Waals surface area contributed by atoms with E-state index in [0.29, 0.717) is 18.7 Å². The number of carbonyl (C=O) groups is 1. The lowest BCUT2D eigenvalue weighted by molar-refractivity contribution is 0.104. The zero-order valence-electron chi connectivity index (χ0n) is 9.43. The van der Waals surface area contributed by atoms with Crippen molar-refractivity contribution in [3.8, 4) is 0 Å². The lowest BCUT2D eigenvalue weighted by Crippen LogP contribution is -2.38. The molecule has 0 aromatic heterocycles. The molecule has 0 atom stereocenters. The number of hydrogen-bond acceptors (Lipinski definition) is 4. The first kappa shape index (κ1) is 12.2. The van der Waals surface area contributed by atoms with Crippen LogP contribution < -0.4 is 5.43 Å². The van der Waals surface area contributed by atoms with Crippen molar-refractivity contribution in [2.75, 3.05) is 13.7 Å². The van der Waals surface area contributed by atoms with Gasteiger partial charge in [-0.05, 0) is 25.2 Å². The molecule has 1 aliphatic carbocycles. The van der Waals surface area contributed by atoms with Gasteiger partial charge >= 0.3 is 6.09 Å². The van der Waals surface area contributed by atoms with E-state index in [1.165, 1.54) is 5.01 Å². The predicted octanol–water partition coefficient (Wildman–Crippen LogP) is 1.87. The fourth-order valence-corrected chi connectivity index (χ4v) is 1.15. The van der Waals surface area contributed by atoms with Crippen LogP contribution in [0.1, 0.15) is 13.3 Å². The Morgan fingerprint density at radius 1 is 1.62 bits per heavy atom. The quantitative estimate of drug-likeness (QED) is 0.718. The van der Waals surface area contributed by atoms with Crippen molar-refractivity contribution >= 4 is 6.09 Å². The zero-order chi connectivity index (χ0) is 12.0. The van der Waals surface area contributed by atoms with Crippen molar-refractivity contribution in [2.24, 2.45) is 0 Å². The number of aliphatic hydroxyl groups excluding tert-OH is 1. The summed E-state index contributed by atoms with van der Waals surface area (Å²) in [6, 6.07) is 0. The van der Waals surface area contributed by atoms with Gasteiger partial charge in [-0.15, -0.1) is 0 Å². The van der Waals surface area contributed by atoms with Crippen LogP contribution in [0, 0.1) is 0 Å². The molecule has 0 aromatic rings. The maximum Gasteiger partial charge on any atom is 0.428 e. The Morgan fingerprint density at radius 2 is 2.38 bits per heavy atom. The summed E-state index contributed by atoms with van der Waals surface area (Å²) in [7, 11) is 1.57. The molecule has 0 bridgehead atoms. The molecule has 5 nitrogen and oxygen atoms in total. The summed E-state index contributed by atoms with van der Waals surface area (Å²) in [5.74, 6) is 0.284. The van der Waals surface area contributed by atoms with E-state index in [-0.39, 0.29) is 5.76 Å². The van der Waals surface area contributed by atoms with Gasteiger partial charge < -0.3 is 9.84 Å². The Morgan fingerprint density at radius 3 is 3.06 bits per heavy atom. The van der Waals surface area contributed by atoms with Gasteiger partial charge in [0, 0.05) is 13.5 Å². The average molecular weight is 224 g/mol. The number of carbonyl (C=O) groups excluding carboxylic acids is 1. The molecule has 5 heteroatoms. The molecule has 0 radical (unpaired) electrons. The van der Waals surface area contributed by atoms with Crippen molar-refractivity contribution in [3.05, 3.63) is 35.8 Å². The number of nitrogens with zero attached hydrogens (tertiary/aromatic N) is 1. The first-order valence-electron chi connectivity index (χ1n) is 5.07. The first-order valence-corrected chi connectivity index (χ1v) is 5.07. The highest BCUT2D eigenvalue weighted by molar-refractivity contribution is 5.66. The number of hydrogen-bond donors (Lipinski definition) is 2. The van der Waals surface area contributed by atoms with Crippen LogP contribution in [0.2, 0.25) is 0 Å². The van der Waals surface area contributed by atoms with Gasteiger partial charge in [0.1, 0.15) is 0 Å². The van der Waals surface area contributed by atoms with E-state index in [1.54, 1.807) is 38.3 Å². The van der Waals surface area contributed by atoms with Gasteiger partial charge in [-0.2, -0.15) is 0 Å². The second-order valence-corrected chi connectivity index (χ2v) is 3.26. The first-order chi connectivity index (χ1) is 7.63. The lowest BCUT2D eigenvalue weighted by Gasteiger charge is -2.18. The highest BCUT2D eigenvalue weighted by atomic mass is 16.6. The summed E-state index contributed by atoms with van der Waals surface area (Å²) in [5.41, 5.74) is 3.55. The summed E-state index contributed by atoms with van der Waals surface area (Å²) in [6.45, 7) is 2.08. The highest BCUT2D eigenvalue weighted by Gasteiger charge is 2.09. The van der Waals surface area contributed by atoms with Gasteiger partial charge in [-0.25, -0.2) is 9.80 Å². The molecule has 0 saturated carbocycles. The van der Waals surface area contributed by atoms with Crippen LogP contribution in [0.3, 0.4) is 0 Å². The highest BCUT2D eigenvalue weighted by Crippen LogP contribution is 2.07. The molecule has 2 N–H and O–H groups in total. The van der Waals surface area contributed by atoms with Crippen LogP contribution in [0.4, 0.5) is 4.79 Å². The molecule has 0 unspecified atom stereocenters. The summed E-state index contributed by atoms with van der Waals surface area (Å²) in [4.78, 5) is 11.3. The normalized spacial score (nSPS) is 14.6. The second kappa shape index (κ2) is 5.85. The molecule has 16 heavy (non-hydrogen) atoms. The molecule has 0 aromatic carbocycles. The van der Waals surface area contributed by atoms with E-state index in [0.717, 1.165) is 0 Å². The average Bonchev–Trinajstić information content (AvgIpc) is 2.44. The van der Waals surface area contributed by atoms with Gasteiger partial charge in [0.05, 0.1) is 18.1 Å². The number of ether oxygens (including phenoxy) is 1. The molecule has 0 fully saturated rings. The molecule has 1 aliphatic rings. The number of amides is 1. The van der Waals surface area contributed by atoms with E-state index in [1.807, 2.05) is 0 Å². The minimum Gasteiger partial charge on any atom is -0.512 e. The lowest BCUT2D eigenvalue weighted by atomic mass is 10.3. The Labute approximate surface area is 94.7 Å². The van der Waals surface area contributed by atoms with Crippen molar-refractivity contribution in [1.29, 1.82) is 0 Å². The molecular weight excluding hydrogens is 208 g/mol. The van der Waals surface area contributed by atoms with Gasteiger partial charge in [-0.3, -0.25) is 5.43 Å². The molecular formula is C11H16N2O3. The molecule has 1 rings (SSSR count). The third-order valence-corrected chi connectivity index (χ3v) is 1.92. The Kier molecular flexibility index (Phi) is 4.44. The second-order valence-electron chi connectivity index (χ2n) is 3.26. The summed E-state index contributed by atoms with van der Waals surface area (Å²) in [6.07, 6.45) is 6.90. The largest absolute Gasteiger partial charge is 0.512 e. The maximum absolute atomic E-state index is 11.3. The zero-order valence-corrected chi connectivity index (χ0v) is 9.43. The molecule has 88 valence electrons. The fraction of sp³-hybridized carbons (Fsp3) is 0.364. The SMILES string of the molecule is CCOC(=O)N(C)NC1=CC=C(O)CC=C1. The Hall–Kier alpha value is -1.91. The van der Waals surface area contributed by atoms with Gasteiger partial charge in [0.2, 0.25) is 0 Å². The van der Waals surface area contributed by atoms with Crippen LogP contribution in [0.15, 0.2) is 35.8 Å². The van der Waals surface area contributed by atoms with E-state index >= 15 is 0 Å². The van der Waals surface area contributed by atoms with Crippen molar-refractivity contribution in [3.63, 3.8) is 0 Å². The third-order valence-electron chi connectivity index (χ3n) is 1.92. The van der Waals surface area contributed by atoms with E-state index in [9.17, 15) is 9.90 Å². The van der Waals surface area contributed by atoms with Crippen LogP contribution in [0.5, 0.6) is 0 Å². The van der Waals surface area contributed by atoms with Gasteiger partial charge in [0.25, 0.3) is 0 Å².